The molecule has 1 aromatic carbocycles. The summed E-state index contributed by atoms with van der Waals surface area (Å²) < 4.78 is 0. The quantitative estimate of drug-likeness (QED) is 0.802. The highest BCUT2D eigenvalue weighted by Crippen LogP contribution is 2.16. The van der Waals surface area contributed by atoms with Gasteiger partial charge in [-0.25, -0.2) is 0 Å². The van der Waals surface area contributed by atoms with Crippen molar-refractivity contribution in [3.05, 3.63) is 60.4 Å². The van der Waals surface area contributed by atoms with Gasteiger partial charge in [0, 0.05) is 18.4 Å². The zero-order valence-electron chi connectivity index (χ0n) is 10.2. The van der Waals surface area contributed by atoms with Gasteiger partial charge in [-0.1, -0.05) is 24.3 Å². The molecule has 0 bridgehead atoms. The molecule has 1 heterocycles. The Morgan fingerprint density at radius 1 is 1.06 bits per heavy atom. The van der Waals surface area contributed by atoms with E-state index in [4.69, 9.17) is 5.26 Å². The molecule has 3 heteroatoms. The van der Waals surface area contributed by atoms with Gasteiger partial charge in [0.05, 0.1) is 24.7 Å². The van der Waals surface area contributed by atoms with E-state index < -0.39 is 0 Å². The fourth-order valence-corrected chi connectivity index (χ4v) is 1.81. The zero-order chi connectivity index (χ0) is 12.6. The van der Waals surface area contributed by atoms with Gasteiger partial charge in [0.15, 0.2) is 0 Å². The highest BCUT2D eigenvalue weighted by Gasteiger charge is 2.07. The Labute approximate surface area is 107 Å². The topological polar surface area (TPSA) is 39.9 Å². The molecule has 0 aliphatic rings. The van der Waals surface area contributed by atoms with Crippen molar-refractivity contribution in [2.24, 2.45) is 0 Å². The molecule has 0 radical (unpaired) electrons. The Morgan fingerprint density at radius 3 is 2.50 bits per heavy atom. The van der Waals surface area contributed by atoms with Crippen LogP contribution in [0.1, 0.15) is 12.1 Å². The third kappa shape index (κ3) is 3.33. The van der Waals surface area contributed by atoms with Crippen molar-refractivity contribution in [2.45, 2.75) is 13.0 Å². The molecule has 2 rings (SSSR count). The van der Waals surface area contributed by atoms with E-state index in [1.807, 2.05) is 36.4 Å². The summed E-state index contributed by atoms with van der Waals surface area (Å²) in [4.78, 5) is 6.50. The van der Waals surface area contributed by atoms with E-state index in [0.717, 1.165) is 24.5 Å². The summed E-state index contributed by atoms with van der Waals surface area (Å²) in [5.74, 6) is 0. The average molecular weight is 237 g/mol. The van der Waals surface area contributed by atoms with Crippen molar-refractivity contribution >= 4 is 5.69 Å². The maximum Gasteiger partial charge on any atom is 0.0640 e. The summed E-state index contributed by atoms with van der Waals surface area (Å²) in [5, 5.41) is 8.74. The van der Waals surface area contributed by atoms with Crippen molar-refractivity contribution in [3.63, 3.8) is 0 Å². The van der Waals surface area contributed by atoms with Crippen LogP contribution in [0.3, 0.4) is 0 Å². The van der Waals surface area contributed by atoms with Gasteiger partial charge < -0.3 is 4.90 Å². The van der Waals surface area contributed by atoms with Crippen molar-refractivity contribution in [1.82, 2.24) is 4.98 Å². The summed E-state index contributed by atoms with van der Waals surface area (Å²) in [6, 6.07) is 18.2. The first-order valence-corrected chi connectivity index (χ1v) is 5.97. The number of aromatic nitrogens is 1. The van der Waals surface area contributed by atoms with Gasteiger partial charge in [-0.05, 0) is 24.3 Å². The Balaban J connectivity index is 2.14. The van der Waals surface area contributed by atoms with Crippen LogP contribution in [0.25, 0.3) is 0 Å². The van der Waals surface area contributed by atoms with Crippen LogP contribution < -0.4 is 4.90 Å². The van der Waals surface area contributed by atoms with Crippen LogP contribution in [-0.2, 0) is 6.54 Å². The van der Waals surface area contributed by atoms with Gasteiger partial charge in [-0.15, -0.1) is 0 Å². The van der Waals surface area contributed by atoms with E-state index in [2.05, 4.69) is 28.1 Å². The normalized spacial score (nSPS) is 9.72. The number of pyridine rings is 1. The number of hydrogen-bond donors (Lipinski definition) is 0. The van der Waals surface area contributed by atoms with E-state index in [9.17, 15) is 0 Å². The molecule has 0 saturated heterocycles. The second-order valence-electron chi connectivity index (χ2n) is 3.99. The lowest BCUT2D eigenvalue weighted by Crippen LogP contribution is -2.24. The predicted octanol–water partition coefficient (Wildman–Crippen LogP) is 3.00. The molecule has 90 valence electrons. The second-order valence-corrected chi connectivity index (χ2v) is 3.99. The molecule has 3 nitrogen and oxygen atoms in total. The molecule has 0 aliphatic carbocycles. The van der Waals surface area contributed by atoms with Crippen LogP contribution in [0.2, 0.25) is 0 Å². The number of para-hydroxylation sites is 1. The lowest BCUT2D eigenvalue weighted by atomic mass is 10.2. The molecule has 0 atom stereocenters. The number of benzene rings is 1. The molecule has 0 spiro atoms. The third-order valence-electron chi connectivity index (χ3n) is 2.69. The van der Waals surface area contributed by atoms with E-state index in [-0.39, 0.29) is 0 Å². The first-order chi connectivity index (χ1) is 8.90. The molecule has 0 unspecified atom stereocenters. The zero-order valence-corrected chi connectivity index (χ0v) is 10.2. The minimum atomic E-state index is 0.516. The molecular weight excluding hydrogens is 222 g/mol. The molecule has 18 heavy (non-hydrogen) atoms. The molecule has 0 aliphatic heterocycles. The molecule has 0 amide bonds. The van der Waals surface area contributed by atoms with Gasteiger partial charge >= 0.3 is 0 Å². The summed E-state index contributed by atoms with van der Waals surface area (Å²) in [7, 11) is 0. The minimum Gasteiger partial charge on any atom is -0.365 e. The van der Waals surface area contributed by atoms with E-state index in [1.54, 1.807) is 6.20 Å². The van der Waals surface area contributed by atoms with Crippen LogP contribution in [0.5, 0.6) is 0 Å². The summed E-state index contributed by atoms with van der Waals surface area (Å²) >= 11 is 0. The third-order valence-corrected chi connectivity index (χ3v) is 2.69. The highest BCUT2D eigenvalue weighted by molar-refractivity contribution is 5.46. The SMILES string of the molecule is N#CCCN(Cc1ccccn1)c1ccccc1. The van der Waals surface area contributed by atoms with Crippen LogP contribution in [0, 0.1) is 11.3 Å². The van der Waals surface area contributed by atoms with Crippen molar-refractivity contribution in [3.8, 4) is 6.07 Å². The number of hydrogen-bond acceptors (Lipinski definition) is 3. The summed E-state index contributed by atoms with van der Waals surface area (Å²) in [6.45, 7) is 1.45. The van der Waals surface area contributed by atoms with Crippen LogP contribution >= 0.6 is 0 Å². The maximum atomic E-state index is 8.74. The molecular formula is C15H15N3. The Morgan fingerprint density at radius 2 is 1.83 bits per heavy atom. The van der Waals surface area contributed by atoms with Crippen molar-refractivity contribution in [2.75, 3.05) is 11.4 Å². The maximum absolute atomic E-state index is 8.74. The van der Waals surface area contributed by atoms with E-state index in [0.29, 0.717) is 6.42 Å². The number of rotatable bonds is 5. The lowest BCUT2D eigenvalue weighted by molar-refractivity contribution is 0.781. The van der Waals surface area contributed by atoms with Gasteiger partial charge in [-0.3, -0.25) is 4.98 Å². The molecule has 0 saturated carbocycles. The van der Waals surface area contributed by atoms with Crippen LogP contribution in [0.15, 0.2) is 54.7 Å². The van der Waals surface area contributed by atoms with E-state index in [1.165, 1.54) is 0 Å². The lowest BCUT2D eigenvalue weighted by Gasteiger charge is -2.23. The fourth-order valence-electron chi connectivity index (χ4n) is 1.81. The molecule has 2 aromatic rings. The first kappa shape index (κ1) is 12.1. The summed E-state index contributed by atoms with van der Waals surface area (Å²) in [6.07, 6.45) is 2.31. The van der Waals surface area contributed by atoms with Crippen LogP contribution in [0.4, 0.5) is 5.69 Å². The molecule has 0 N–H and O–H groups in total. The molecule has 1 aromatic heterocycles. The predicted molar refractivity (Wildman–Crippen MR) is 72.0 cm³/mol. The minimum absolute atomic E-state index is 0.516. The van der Waals surface area contributed by atoms with Crippen LogP contribution in [-0.4, -0.2) is 11.5 Å². The summed E-state index contributed by atoms with van der Waals surface area (Å²) in [5.41, 5.74) is 2.14. The monoisotopic (exact) mass is 237 g/mol. The molecule has 0 fully saturated rings. The standard InChI is InChI=1S/C15H15N3/c16-10-6-12-18(15-8-2-1-3-9-15)13-14-7-4-5-11-17-14/h1-5,7-9,11H,6,12-13H2. The largest absolute Gasteiger partial charge is 0.365 e. The van der Waals surface area contributed by atoms with Crippen molar-refractivity contribution < 1.29 is 0 Å². The average Bonchev–Trinajstić information content (AvgIpc) is 2.45. The second kappa shape index (κ2) is 6.41. The fraction of sp³-hybridized carbons (Fsp3) is 0.200. The Bertz CT molecular complexity index is 502. The van der Waals surface area contributed by atoms with E-state index >= 15 is 0 Å². The van der Waals surface area contributed by atoms with Crippen molar-refractivity contribution in [1.29, 1.82) is 5.26 Å². The Hall–Kier alpha value is -2.34. The number of nitriles is 1. The van der Waals surface area contributed by atoms with Gasteiger partial charge in [-0.2, -0.15) is 5.26 Å². The number of nitrogens with zero attached hydrogens (tertiary/aromatic N) is 3. The Kier molecular flexibility index (Phi) is 4.32. The smallest absolute Gasteiger partial charge is 0.0640 e. The number of anilines is 1. The first-order valence-electron chi connectivity index (χ1n) is 5.97. The highest BCUT2D eigenvalue weighted by atomic mass is 15.1. The van der Waals surface area contributed by atoms with Gasteiger partial charge in [0.1, 0.15) is 0 Å². The van der Waals surface area contributed by atoms with Gasteiger partial charge in [0.2, 0.25) is 0 Å². The van der Waals surface area contributed by atoms with Gasteiger partial charge in [0.25, 0.3) is 0 Å².